The van der Waals surface area contributed by atoms with Gasteiger partial charge >= 0.3 is 0 Å². The Bertz CT molecular complexity index is 381. The summed E-state index contributed by atoms with van der Waals surface area (Å²) >= 11 is 9.69. The topological polar surface area (TPSA) is 29.5 Å². The number of hydrogen-bond donors (Lipinski definition) is 1. The number of halogens is 1. The van der Waals surface area contributed by atoms with E-state index in [1.165, 1.54) is 5.75 Å². The summed E-state index contributed by atoms with van der Waals surface area (Å²) in [6, 6.07) is 5.38. The van der Waals surface area contributed by atoms with Crippen molar-refractivity contribution in [2.75, 3.05) is 24.4 Å². The zero-order valence-electron chi connectivity index (χ0n) is 9.56. The lowest BCUT2D eigenvalue weighted by atomic mass is 10.1. The smallest absolute Gasteiger partial charge is 0.124 e. The van der Waals surface area contributed by atoms with Gasteiger partial charge in [0.15, 0.2) is 0 Å². The molecule has 0 radical (unpaired) electrons. The van der Waals surface area contributed by atoms with E-state index < -0.39 is 6.10 Å². The van der Waals surface area contributed by atoms with Crippen LogP contribution in [0, 0.1) is 0 Å². The minimum atomic E-state index is -0.513. The first-order valence-electron chi connectivity index (χ1n) is 5.43. The largest absolute Gasteiger partial charge is 0.496 e. The molecular weight excluding hydrogens is 276 g/mol. The van der Waals surface area contributed by atoms with Gasteiger partial charge in [0.25, 0.3) is 0 Å². The number of benzene rings is 1. The molecule has 1 aromatic rings. The fourth-order valence-electron chi connectivity index (χ4n) is 1.82. The predicted octanol–water partition coefficient (Wildman–Crippen LogP) is 3.23. The van der Waals surface area contributed by atoms with E-state index >= 15 is 0 Å². The van der Waals surface area contributed by atoms with Gasteiger partial charge in [-0.1, -0.05) is 11.6 Å². The van der Waals surface area contributed by atoms with E-state index in [1.54, 1.807) is 19.2 Å². The summed E-state index contributed by atoms with van der Waals surface area (Å²) < 4.78 is 5.28. The molecule has 2 unspecified atom stereocenters. The molecule has 1 aliphatic rings. The minimum absolute atomic E-state index is 0.223. The standard InChI is InChI=1S/C12H15ClO2S2/c1-15-10-3-2-8(13)6-9(10)12(14)11-7-16-4-5-17-11/h2-3,6,11-12,14H,4-5,7H2,1H3. The normalized spacial score (nSPS) is 22.2. The van der Waals surface area contributed by atoms with Gasteiger partial charge < -0.3 is 9.84 Å². The molecule has 0 aromatic heterocycles. The van der Waals surface area contributed by atoms with E-state index in [-0.39, 0.29) is 5.25 Å². The summed E-state index contributed by atoms with van der Waals surface area (Å²) in [5.74, 6) is 3.94. The monoisotopic (exact) mass is 290 g/mol. The number of thioether (sulfide) groups is 2. The van der Waals surface area contributed by atoms with Crippen LogP contribution in [0.4, 0.5) is 0 Å². The van der Waals surface area contributed by atoms with Gasteiger partial charge in [-0.25, -0.2) is 0 Å². The van der Waals surface area contributed by atoms with E-state index in [9.17, 15) is 5.11 Å². The number of rotatable bonds is 3. The second kappa shape index (κ2) is 6.23. The van der Waals surface area contributed by atoms with Gasteiger partial charge in [-0.3, -0.25) is 0 Å². The Balaban J connectivity index is 2.21. The molecule has 2 atom stereocenters. The molecular formula is C12H15ClO2S2. The number of aliphatic hydroxyl groups is 1. The maximum atomic E-state index is 10.4. The van der Waals surface area contributed by atoms with Crippen molar-refractivity contribution in [3.63, 3.8) is 0 Å². The quantitative estimate of drug-likeness (QED) is 0.925. The van der Waals surface area contributed by atoms with Gasteiger partial charge in [0, 0.05) is 33.1 Å². The van der Waals surface area contributed by atoms with Crippen molar-refractivity contribution in [1.29, 1.82) is 0 Å². The van der Waals surface area contributed by atoms with Crippen molar-refractivity contribution in [3.05, 3.63) is 28.8 Å². The molecule has 1 N–H and O–H groups in total. The summed E-state index contributed by atoms with van der Waals surface area (Å²) in [6.45, 7) is 0. The zero-order chi connectivity index (χ0) is 12.3. The van der Waals surface area contributed by atoms with Crippen LogP contribution in [-0.4, -0.2) is 34.7 Å². The molecule has 0 aliphatic carbocycles. The Hall–Kier alpha value is -0.0300. The average molecular weight is 291 g/mol. The van der Waals surface area contributed by atoms with Crippen LogP contribution in [0.15, 0.2) is 18.2 Å². The third-order valence-corrected chi connectivity index (χ3v) is 5.79. The molecule has 94 valence electrons. The van der Waals surface area contributed by atoms with Gasteiger partial charge in [-0.2, -0.15) is 23.5 Å². The van der Waals surface area contributed by atoms with Gasteiger partial charge in [0.05, 0.1) is 13.2 Å². The Morgan fingerprint density at radius 3 is 2.94 bits per heavy atom. The highest BCUT2D eigenvalue weighted by Gasteiger charge is 2.26. The van der Waals surface area contributed by atoms with Crippen molar-refractivity contribution >= 4 is 35.1 Å². The number of aliphatic hydroxyl groups excluding tert-OH is 1. The zero-order valence-corrected chi connectivity index (χ0v) is 11.9. The number of methoxy groups -OCH3 is 1. The summed E-state index contributed by atoms with van der Waals surface area (Å²) in [7, 11) is 1.61. The van der Waals surface area contributed by atoms with E-state index in [1.807, 2.05) is 29.6 Å². The third kappa shape index (κ3) is 3.25. The van der Waals surface area contributed by atoms with Crippen LogP contribution < -0.4 is 4.74 Å². The van der Waals surface area contributed by atoms with Crippen molar-refractivity contribution in [2.45, 2.75) is 11.4 Å². The molecule has 0 spiro atoms. The fourth-order valence-corrected chi connectivity index (χ4v) is 4.75. The van der Waals surface area contributed by atoms with E-state index in [0.29, 0.717) is 10.8 Å². The Kier molecular flexibility index (Phi) is 4.91. The second-order valence-corrected chi connectivity index (χ2v) is 6.75. The van der Waals surface area contributed by atoms with Crippen molar-refractivity contribution in [3.8, 4) is 5.75 Å². The molecule has 1 aromatic carbocycles. The predicted molar refractivity (Wildman–Crippen MR) is 76.5 cm³/mol. The number of ether oxygens (including phenoxy) is 1. The van der Waals surface area contributed by atoms with Crippen molar-refractivity contribution < 1.29 is 9.84 Å². The Morgan fingerprint density at radius 1 is 1.47 bits per heavy atom. The van der Waals surface area contributed by atoms with Crippen LogP contribution in [0.25, 0.3) is 0 Å². The third-order valence-electron chi connectivity index (χ3n) is 2.70. The highest BCUT2D eigenvalue weighted by atomic mass is 35.5. The van der Waals surface area contributed by atoms with Crippen molar-refractivity contribution in [2.24, 2.45) is 0 Å². The molecule has 1 aliphatic heterocycles. The lowest BCUT2D eigenvalue weighted by Gasteiger charge is -2.27. The lowest BCUT2D eigenvalue weighted by molar-refractivity contribution is 0.176. The van der Waals surface area contributed by atoms with E-state index in [2.05, 4.69) is 0 Å². The van der Waals surface area contributed by atoms with Crippen LogP contribution in [0.5, 0.6) is 5.75 Å². The molecule has 0 saturated carbocycles. The molecule has 2 rings (SSSR count). The summed E-state index contributed by atoms with van der Waals surface area (Å²) in [4.78, 5) is 0. The molecule has 1 saturated heterocycles. The Labute approximate surface area is 115 Å². The first-order chi connectivity index (χ1) is 8.22. The SMILES string of the molecule is COc1ccc(Cl)cc1C(O)C1CSCCS1. The molecule has 0 amide bonds. The van der Waals surface area contributed by atoms with Crippen molar-refractivity contribution in [1.82, 2.24) is 0 Å². The molecule has 5 heteroatoms. The fraction of sp³-hybridized carbons (Fsp3) is 0.500. The summed E-state index contributed by atoms with van der Waals surface area (Å²) in [6.07, 6.45) is -0.513. The van der Waals surface area contributed by atoms with Gasteiger partial charge in [0.1, 0.15) is 5.75 Å². The second-order valence-electron chi connectivity index (χ2n) is 3.82. The van der Waals surface area contributed by atoms with Crippen LogP contribution in [0.1, 0.15) is 11.7 Å². The molecule has 1 fully saturated rings. The van der Waals surface area contributed by atoms with Gasteiger partial charge in [-0.05, 0) is 18.2 Å². The first-order valence-corrected chi connectivity index (χ1v) is 8.01. The van der Waals surface area contributed by atoms with Gasteiger partial charge in [-0.15, -0.1) is 0 Å². The first kappa shape index (κ1) is 13.4. The molecule has 17 heavy (non-hydrogen) atoms. The summed E-state index contributed by atoms with van der Waals surface area (Å²) in [5.41, 5.74) is 0.792. The number of hydrogen-bond acceptors (Lipinski definition) is 4. The van der Waals surface area contributed by atoms with Crippen LogP contribution in [0.2, 0.25) is 5.02 Å². The maximum absolute atomic E-state index is 10.4. The van der Waals surface area contributed by atoms with Crippen LogP contribution in [-0.2, 0) is 0 Å². The lowest BCUT2D eigenvalue weighted by Crippen LogP contribution is -2.22. The van der Waals surface area contributed by atoms with Crippen LogP contribution >= 0.6 is 35.1 Å². The van der Waals surface area contributed by atoms with E-state index in [4.69, 9.17) is 16.3 Å². The molecule has 1 heterocycles. The Morgan fingerprint density at radius 2 is 2.29 bits per heavy atom. The molecule has 2 nitrogen and oxygen atoms in total. The highest BCUT2D eigenvalue weighted by molar-refractivity contribution is 8.06. The minimum Gasteiger partial charge on any atom is -0.496 e. The summed E-state index contributed by atoms with van der Waals surface area (Å²) in [5, 5.41) is 11.3. The van der Waals surface area contributed by atoms with Crippen LogP contribution in [0.3, 0.4) is 0 Å². The van der Waals surface area contributed by atoms with Gasteiger partial charge in [0.2, 0.25) is 0 Å². The van der Waals surface area contributed by atoms with E-state index in [0.717, 1.165) is 17.1 Å². The average Bonchev–Trinajstić information content (AvgIpc) is 2.39. The maximum Gasteiger partial charge on any atom is 0.124 e. The molecule has 0 bridgehead atoms. The highest BCUT2D eigenvalue weighted by Crippen LogP contribution is 2.37.